The highest BCUT2D eigenvalue weighted by Crippen LogP contribution is 2.25. The van der Waals surface area contributed by atoms with E-state index in [1.165, 1.54) is 80.9 Å². The lowest BCUT2D eigenvalue weighted by molar-refractivity contribution is 0.548. The van der Waals surface area contributed by atoms with E-state index in [4.69, 9.17) is 0 Å². The van der Waals surface area contributed by atoms with Gasteiger partial charge in [-0.2, -0.15) is 4.39 Å². The van der Waals surface area contributed by atoms with Gasteiger partial charge in [-0.15, -0.1) is 0 Å². The second-order valence-electron chi connectivity index (χ2n) is 9.60. The highest BCUT2D eigenvalue weighted by Gasteiger charge is 2.08. The molecule has 0 amide bonds. The van der Waals surface area contributed by atoms with Gasteiger partial charge in [0, 0.05) is 11.1 Å². The molecule has 1 nitrogen and oxygen atoms in total. The molecule has 0 spiro atoms. The van der Waals surface area contributed by atoms with Crippen LogP contribution in [0.25, 0.3) is 22.4 Å². The van der Waals surface area contributed by atoms with Crippen LogP contribution in [0.3, 0.4) is 0 Å². The van der Waals surface area contributed by atoms with Crippen molar-refractivity contribution in [1.82, 2.24) is 4.98 Å². The smallest absolute Gasteiger partial charge is 0.216 e. The Labute approximate surface area is 206 Å². The number of benzene rings is 2. The number of halogens is 1. The van der Waals surface area contributed by atoms with E-state index in [0.717, 1.165) is 30.4 Å². The third-order valence-electron chi connectivity index (χ3n) is 6.76. The van der Waals surface area contributed by atoms with E-state index in [1.54, 1.807) is 0 Å². The minimum atomic E-state index is -0.316. The van der Waals surface area contributed by atoms with Crippen LogP contribution in [-0.4, -0.2) is 4.98 Å². The van der Waals surface area contributed by atoms with Gasteiger partial charge >= 0.3 is 0 Å². The first-order chi connectivity index (χ1) is 16.7. The van der Waals surface area contributed by atoms with Crippen molar-refractivity contribution in [2.24, 2.45) is 0 Å². The summed E-state index contributed by atoms with van der Waals surface area (Å²) in [6, 6.07) is 21.1. The Hall–Kier alpha value is -2.48. The summed E-state index contributed by atoms with van der Waals surface area (Å²) >= 11 is 0. The fourth-order valence-corrected chi connectivity index (χ4v) is 4.54. The molecule has 0 aliphatic carbocycles. The average Bonchev–Trinajstić information content (AvgIpc) is 2.87. The Kier molecular flexibility index (Phi) is 11.3. The summed E-state index contributed by atoms with van der Waals surface area (Å²) in [7, 11) is 0. The van der Waals surface area contributed by atoms with Crippen LogP contribution in [0.4, 0.5) is 4.39 Å². The molecule has 0 N–H and O–H groups in total. The zero-order valence-electron chi connectivity index (χ0n) is 21.3. The molecule has 0 saturated carbocycles. The van der Waals surface area contributed by atoms with E-state index in [2.05, 4.69) is 55.2 Å². The van der Waals surface area contributed by atoms with Crippen molar-refractivity contribution in [3.05, 3.63) is 77.7 Å². The van der Waals surface area contributed by atoms with Crippen LogP contribution in [0.15, 0.2) is 60.7 Å². The molecule has 1 aromatic heterocycles. The molecular formula is C32H42FN. The predicted octanol–water partition coefficient (Wildman–Crippen LogP) is 9.97. The van der Waals surface area contributed by atoms with Gasteiger partial charge in [-0.1, -0.05) is 126 Å². The Balaban J connectivity index is 1.51. The van der Waals surface area contributed by atoms with Gasteiger partial charge in [-0.3, -0.25) is 0 Å². The largest absolute Gasteiger partial charge is 0.219 e. The van der Waals surface area contributed by atoms with Gasteiger partial charge in [-0.05, 0) is 48.4 Å². The van der Waals surface area contributed by atoms with Gasteiger partial charge in [0.2, 0.25) is 5.95 Å². The van der Waals surface area contributed by atoms with Gasteiger partial charge in [-0.25, -0.2) is 4.98 Å². The SMILES string of the molecule is CCCCCCCCCCc1ccc(-c2ccc(-c3ccc(CCCCC)cc3)cc2)nc1F. The van der Waals surface area contributed by atoms with Crippen LogP contribution in [-0.2, 0) is 12.8 Å². The Morgan fingerprint density at radius 3 is 1.65 bits per heavy atom. The molecule has 0 atom stereocenters. The molecule has 0 bridgehead atoms. The highest BCUT2D eigenvalue weighted by atomic mass is 19.1. The summed E-state index contributed by atoms with van der Waals surface area (Å²) < 4.78 is 14.6. The van der Waals surface area contributed by atoms with Crippen molar-refractivity contribution in [2.75, 3.05) is 0 Å². The molecule has 0 aliphatic rings. The third kappa shape index (κ3) is 8.38. The zero-order chi connectivity index (χ0) is 24.0. The van der Waals surface area contributed by atoms with Crippen LogP contribution in [0.1, 0.15) is 95.6 Å². The van der Waals surface area contributed by atoms with Crippen molar-refractivity contribution in [3.8, 4) is 22.4 Å². The summed E-state index contributed by atoms with van der Waals surface area (Å²) in [6.07, 6.45) is 15.8. The first-order valence-corrected chi connectivity index (χ1v) is 13.6. The monoisotopic (exact) mass is 459 g/mol. The number of aryl methyl sites for hydroxylation is 2. The van der Waals surface area contributed by atoms with Gasteiger partial charge < -0.3 is 0 Å². The molecule has 0 saturated heterocycles. The maximum Gasteiger partial charge on any atom is 0.216 e. The molecule has 3 aromatic rings. The molecule has 2 heteroatoms. The number of nitrogens with zero attached hydrogens (tertiary/aromatic N) is 1. The molecule has 3 rings (SSSR count). The van der Waals surface area contributed by atoms with E-state index in [9.17, 15) is 4.39 Å². The topological polar surface area (TPSA) is 12.9 Å². The number of hydrogen-bond donors (Lipinski definition) is 0. The van der Waals surface area contributed by atoms with Crippen LogP contribution >= 0.6 is 0 Å². The summed E-state index contributed by atoms with van der Waals surface area (Å²) in [6.45, 7) is 4.49. The minimum Gasteiger partial charge on any atom is -0.219 e. The van der Waals surface area contributed by atoms with Crippen LogP contribution in [0.5, 0.6) is 0 Å². The maximum absolute atomic E-state index is 14.6. The molecule has 0 aliphatic heterocycles. The molecule has 0 unspecified atom stereocenters. The third-order valence-corrected chi connectivity index (χ3v) is 6.76. The summed E-state index contributed by atoms with van der Waals surface area (Å²) in [5.74, 6) is -0.316. The van der Waals surface area contributed by atoms with E-state index >= 15 is 0 Å². The maximum atomic E-state index is 14.6. The van der Waals surface area contributed by atoms with Crippen molar-refractivity contribution in [2.45, 2.75) is 97.3 Å². The predicted molar refractivity (Wildman–Crippen MR) is 145 cm³/mol. The van der Waals surface area contributed by atoms with Crippen LogP contribution in [0, 0.1) is 5.95 Å². The van der Waals surface area contributed by atoms with E-state index < -0.39 is 0 Å². The lowest BCUT2D eigenvalue weighted by atomic mass is 9.99. The Morgan fingerprint density at radius 1 is 0.529 bits per heavy atom. The van der Waals surface area contributed by atoms with Crippen LogP contribution in [0.2, 0.25) is 0 Å². The number of pyridine rings is 1. The number of unbranched alkanes of at least 4 members (excludes halogenated alkanes) is 9. The lowest BCUT2D eigenvalue weighted by Gasteiger charge is -2.08. The van der Waals surface area contributed by atoms with E-state index in [0.29, 0.717) is 5.69 Å². The number of aromatic nitrogens is 1. The minimum absolute atomic E-state index is 0.316. The van der Waals surface area contributed by atoms with E-state index in [-0.39, 0.29) is 5.95 Å². The highest BCUT2D eigenvalue weighted by molar-refractivity contribution is 5.69. The first kappa shape index (κ1) is 26.1. The fraction of sp³-hybridized carbons (Fsp3) is 0.469. The molecular weight excluding hydrogens is 417 g/mol. The van der Waals surface area contributed by atoms with Gasteiger partial charge in [0.05, 0.1) is 5.69 Å². The molecule has 182 valence electrons. The quantitative estimate of drug-likeness (QED) is 0.163. The van der Waals surface area contributed by atoms with Crippen molar-refractivity contribution >= 4 is 0 Å². The zero-order valence-corrected chi connectivity index (χ0v) is 21.3. The molecule has 34 heavy (non-hydrogen) atoms. The van der Waals surface area contributed by atoms with Crippen molar-refractivity contribution in [1.29, 1.82) is 0 Å². The Bertz CT molecular complexity index is 959. The molecule has 0 fully saturated rings. The number of hydrogen-bond acceptors (Lipinski definition) is 1. The fourth-order valence-electron chi connectivity index (χ4n) is 4.54. The molecule has 2 aromatic carbocycles. The van der Waals surface area contributed by atoms with Gasteiger partial charge in [0.15, 0.2) is 0 Å². The van der Waals surface area contributed by atoms with Crippen molar-refractivity contribution < 1.29 is 4.39 Å². The molecule has 0 radical (unpaired) electrons. The Morgan fingerprint density at radius 2 is 1.03 bits per heavy atom. The van der Waals surface area contributed by atoms with Crippen LogP contribution < -0.4 is 0 Å². The summed E-state index contributed by atoms with van der Waals surface area (Å²) in [5.41, 5.74) is 6.19. The average molecular weight is 460 g/mol. The summed E-state index contributed by atoms with van der Waals surface area (Å²) in [4.78, 5) is 4.28. The molecule has 1 heterocycles. The van der Waals surface area contributed by atoms with Crippen molar-refractivity contribution in [3.63, 3.8) is 0 Å². The standard InChI is InChI=1S/C32H42FN/c1-3-5-7-8-9-10-11-13-15-30-24-25-31(34-32(30)33)29-22-20-28(21-23-29)27-18-16-26(17-19-27)14-12-6-4-2/h16-25H,3-15H2,1-2H3. The normalized spacial score (nSPS) is 11.1. The second kappa shape index (κ2) is 14.7. The van der Waals surface area contributed by atoms with Gasteiger partial charge in [0.1, 0.15) is 0 Å². The van der Waals surface area contributed by atoms with Gasteiger partial charge in [0.25, 0.3) is 0 Å². The second-order valence-corrected chi connectivity index (χ2v) is 9.60. The number of rotatable bonds is 15. The lowest BCUT2D eigenvalue weighted by Crippen LogP contribution is -1.96. The van der Waals surface area contributed by atoms with E-state index in [1.807, 2.05) is 24.3 Å². The first-order valence-electron chi connectivity index (χ1n) is 13.6. The summed E-state index contributed by atoms with van der Waals surface area (Å²) in [5, 5.41) is 0.